The number of nitriles is 1. The van der Waals surface area contributed by atoms with Crippen LogP contribution in [0.25, 0.3) is 0 Å². The van der Waals surface area contributed by atoms with E-state index in [9.17, 15) is 9.59 Å². The van der Waals surface area contributed by atoms with Gasteiger partial charge in [0.2, 0.25) is 5.78 Å². The largest absolute Gasteiger partial charge is 0.450 e. The average molecular weight is 266 g/mol. The van der Waals surface area contributed by atoms with Gasteiger partial charge in [-0.2, -0.15) is 5.26 Å². The van der Waals surface area contributed by atoms with E-state index >= 15 is 0 Å². The zero-order chi connectivity index (χ0) is 13.3. The van der Waals surface area contributed by atoms with Gasteiger partial charge < -0.3 is 9.47 Å². The van der Waals surface area contributed by atoms with E-state index in [1.807, 2.05) is 0 Å². The Kier molecular flexibility index (Phi) is 2.97. The Hall–Kier alpha value is -2.06. The van der Waals surface area contributed by atoms with Crippen molar-refractivity contribution in [1.29, 1.82) is 5.26 Å². The number of carbonyl (C=O) groups is 2. The smallest absolute Gasteiger partial charge is 0.305 e. The predicted molar refractivity (Wildman–Crippen MR) is 61.2 cm³/mol. The fraction of sp³-hybridized carbons (Fsp3) is 0.250. The number of esters is 1. The molecule has 1 aliphatic rings. The first-order valence-electron chi connectivity index (χ1n) is 5.07. The number of rotatable bonds is 1. The van der Waals surface area contributed by atoms with Gasteiger partial charge in [0.25, 0.3) is 11.2 Å². The van der Waals surface area contributed by atoms with Gasteiger partial charge in [-0.05, 0) is 12.1 Å². The van der Waals surface area contributed by atoms with Gasteiger partial charge in [0.1, 0.15) is 11.8 Å². The number of Topliss-reactive ketones (excluding diaryl/α,β-unsaturated/α-hetero) is 1. The molecule has 0 bridgehead atoms. The van der Waals surface area contributed by atoms with Crippen LogP contribution in [0.3, 0.4) is 0 Å². The van der Waals surface area contributed by atoms with Crippen molar-refractivity contribution in [3.05, 3.63) is 29.8 Å². The summed E-state index contributed by atoms with van der Waals surface area (Å²) >= 11 is 5.93. The van der Waals surface area contributed by atoms with Crippen molar-refractivity contribution in [3.63, 3.8) is 0 Å². The predicted octanol–water partition coefficient (Wildman–Crippen LogP) is 1.65. The molecule has 1 heterocycles. The van der Waals surface area contributed by atoms with Crippen LogP contribution in [0.15, 0.2) is 24.3 Å². The quantitative estimate of drug-likeness (QED) is 0.570. The number of hydrogen-bond donors (Lipinski definition) is 0. The molecule has 1 aromatic rings. The minimum Gasteiger partial charge on any atom is -0.450 e. The van der Waals surface area contributed by atoms with E-state index in [1.165, 1.54) is 12.1 Å². The molecule has 2 atom stereocenters. The summed E-state index contributed by atoms with van der Waals surface area (Å²) in [5.74, 6) is -1.09. The second kappa shape index (κ2) is 4.31. The van der Waals surface area contributed by atoms with Crippen molar-refractivity contribution in [2.24, 2.45) is 0 Å². The highest BCUT2D eigenvalue weighted by atomic mass is 35.5. The van der Waals surface area contributed by atoms with Gasteiger partial charge in [-0.15, -0.1) is 0 Å². The van der Waals surface area contributed by atoms with Crippen LogP contribution in [0.4, 0.5) is 0 Å². The van der Waals surface area contributed by atoms with E-state index in [0.29, 0.717) is 0 Å². The van der Waals surface area contributed by atoms with Gasteiger partial charge in [0.05, 0.1) is 5.56 Å². The minimum absolute atomic E-state index is 0.192. The molecule has 18 heavy (non-hydrogen) atoms. The lowest BCUT2D eigenvalue weighted by Crippen LogP contribution is -2.52. The molecule has 0 spiro atoms. The molecule has 5 nitrogen and oxygen atoms in total. The maximum Gasteiger partial charge on any atom is 0.305 e. The molecule has 0 unspecified atom stereocenters. The molecule has 0 amide bonds. The Labute approximate surface area is 108 Å². The van der Waals surface area contributed by atoms with Crippen LogP contribution in [-0.4, -0.2) is 22.9 Å². The van der Waals surface area contributed by atoms with E-state index in [2.05, 4.69) is 0 Å². The van der Waals surface area contributed by atoms with Crippen LogP contribution in [0.1, 0.15) is 17.3 Å². The van der Waals surface area contributed by atoms with E-state index in [-0.39, 0.29) is 11.3 Å². The first-order valence-corrected chi connectivity index (χ1v) is 5.44. The second-order valence-corrected chi connectivity index (χ2v) is 4.30. The van der Waals surface area contributed by atoms with Crippen molar-refractivity contribution in [3.8, 4) is 11.8 Å². The topological polar surface area (TPSA) is 76.4 Å². The molecule has 0 saturated heterocycles. The third kappa shape index (κ3) is 1.81. The summed E-state index contributed by atoms with van der Waals surface area (Å²) in [5.41, 5.74) is 0.192. The molecule has 1 aromatic carbocycles. The van der Waals surface area contributed by atoms with E-state index in [1.54, 1.807) is 18.2 Å². The zero-order valence-electron chi connectivity index (χ0n) is 9.34. The molecule has 0 N–H and O–H groups in total. The summed E-state index contributed by atoms with van der Waals surface area (Å²) in [5, 5.41) is 9.06. The molecule has 0 aromatic heterocycles. The number of benzene rings is 1. The minimum atomic E-state index is -2.06. The fourth-order valence-electron chi connectivity index (χ4n) is 1.62. The van der Waals surface area contributed by atoms with Crippen LogP contribution >= 0.6 is 11.6 Å². The number of fused-ring (bicyclic) bond motifs is 1. The molecule has 6 heteroatoms. The third-order valence-corrected chi connectivity index (χ3v) is 2.89. The van der Waals surface area contributed by atoms with Gasteiger partial charge in [0, 0.05) is 6.92 Å². The fourth-order valence-corrected chi connectivity index (χ4v) is 1.81. The summed E-state index contributed by atoms with van der Waals surface area (Å²) in [6.07, 6.45) is -1.45. The van der Waals surface area contributed by atoms with Crippen molar-refractivity contribution < 1.29 is 19.1 Å². The number of ether oxygens (including phenoxy) is 2. The highest BCUT2D eigenvalue weighted by Crippen LogP contribution is 2.37. The summed E-state index contributed by atoms with van der Waals surface area (Å²) < 4.78 is 10.1. The summed E-state index contributed by atoms with van der Waals surface area (Å²) in [4.78, 5) is 21.0. The van der Waals surface area contributed by atoms with Crippen molar-refractivity contribution in [2.45, 2.75) is 18.1 Å². The lowest BCUT2D eigenvalue weighted by Gasteiger charge is -2.32. The number of para-hydroxylation sites is 1. The van der Waals surface area contributed by atoms with Gasteiger partial charge in [-0.1, -0.05) is 23.7 Å². The van der Waals surface area contributed by atoms with Gasteiger partial charge in [0.15, 0.2) is 0 Å². The third-order valence-electron chi connectivity index (χ3n) is 2.46. The van der Waals surface area contributed by atoms with Gasteiger partial charge >= 0.3 is 5.97 Å². The number of hydrogen-bond acceptors (Lipinski definition) is 5. The van der Waals surface area contributed by atoms with Crippen molar-refractivity contribution in [2.75, 3.05) is 0 Å². The Balaban J connectivity index is 2.50. The van der Waals surface area contributed by atoms with Crippen LogP contribution in [-0.2, 0) is 9.53 Å². The maximum absolute atomic E-state index is 12.1. The molecule has 0 saturated carbocycles. The molecule has 0 aliphatic carbocycles. The number of nitrogens with zero attached hydrogens (tertiary/aromatic N) is 1. The van der Waals surface area contributed by atoms with Crippen molar-refractivity contribution >= 4 is 23.4 Å². The molecular weight excluding hydrogens is 258 g/mol. The molecule has 1 aliphatic heterocycles. The number of ketones is 1. The van der Waals surface area contributed by atoms with Gasteiger partial charge in [-0.3, -0.25) is 9.59 Å². The number of halogens is 1. The highest BCUT2D eigenvalue weighted by molar-refractivity contribution is 6.41. The Morgan fingerprint density at radius 3 is 2.83 bits per heavy atom. The summed E-state index contributed by atoms with van der Waals surface area (Å²) in [6, 6.07) is 7.96. The molecule has 0 fully saturated rings. The Morgan fingerprint density at radius 2 is 2.22 bits per heavy atom. The second-order valence-electron chi connectivity index (χ2n) is 3.71. The molecule has 92 valence electrons. The first kappa shape index (κ1) is 12.4. The Bertz CT molecular complexity index is 565. The Morgan fingerprint density at radius 1 is 1.56 bits per heavy atom. The zero-order valence-corrected chi connectivity index (χ0v) is 10.1. The maximum atomic E-state index is 12.1. The molecule has 2 rings (SSSR count). The lowest BCUT2D eigenvalue weighted by molar-refractivity contribution is -0.162. The van der Waals surface area contributed by atoms with E-state index < -0.39 is 22.9 Å². The van der Waals surface area contributed by atoms with Gasteiger partial charge in [-0.25, -0.2) is 0 Å². The monoisotopic (exact) mass is 265 g/mol. The summed E-state index contributed by atoms with van der Waals surface area (Å²) in [6.45, 7) is 1.14. The van der Waals surface area contributed by atoms with Crippen LogP contribution in [0.2, 0.25) is 0 Å². The summed E-state index contributed by atoms with van der Waals surface area (Å²) in [7, 11) is 0. The highest BCUT2D eigenvalue weighted by Gasteiger charge is 2.53. The van der Waals surface area contributed by atoms with Crippen LogP contribution in [0, 0.1) is 11.3 Å². The number of carbonyl (C=O) groups excluding carboxylic acids is 2. The van der Waals surface area contributed by atoms with E-state index in [0.717, 1.165) is 6.92 Å². The van der Waals surface area contributed by atoms with Crippen molar-refractivity contribution in [1.82, 2.24) is 0 Å². The SMILES string of the molecule is CC(=O)O[C@@H]1Oc2ccccc2C(=O)[C@]1(Cl)C#N. The number of alkyl halides is 1. The molecule has 0 radical (unpaired) electrons. The average Bonchev–Trinajstić information content (AvgIpc) is 2.35. The van der Waals surface area contributed by atoms with Crippen LogP contribution < -0.4 is 4.74 Å². The first-order chi connectivity index (χ1) is 8.49. The standard InChI is InChI=1S/C12H8ClNO4/c1-7(15)17-11-12(13,6-14)10(16)8-4-2-3-5-9(8)18-11/h2-5,11H,1H3/t11-,12-/m1/s1. The lowest BCUT2D eigenvalue weighted by atomic mass is 9.94. The van der Waals surface area contributed by atoms with Crippen LogP contribution in [0.5, 0.6) is 5.75 Å². The molecular formula is C12H8ClNO4. The van der Waals surface area contributed by atoms with E-state index in [4.69, 9.17) is 26.3 Å². The normalized spacial score (nSPS) is 25.6.